The van der Waals surface area contributed by atoms with Crippen molar-refractivity contribution < 1.29 is 14.3 Å². The van der Waals surface area contributed by atoms with Crippen LogP contribution in [0.3, 0.4) is 0 Å². The first-order valence-electron chi connectivity index (χ1n) is 11.2. The highest BCUT2D eigenvalue weighted by molar-refractivity contribution is 6.30. The average Bonchev–Trinajstić information content (AvgIpc) is 2.78. The van der Waals surface area contributed by atoms with Crippen LogP contribution in [0.4, 0.5) is 0 Å². The summed E-state index contributed by atoms with van der Waals surface area (Å²) in [5.74, 6) is 1.10. The fraction of sp³-hybridized carbons (Fsp3) is 0.500. The van der Waals surface area contributed by atoms with Crippen molar-refractivity contribution in [3.8, 4) is 22.6 Å². The number of unbranched alkanes of at least 4 members (excludes halogenated alkanes) is 5. The van der Waals surface area contributed by atoms with Crippen LogP contribution in [0, 0.1) is 5.92 Å². The number of carbonyl (C=O) groups excluding carboxylic acids is 1. The van der Waals surface area contributed by atoms with Gasteiger partial charge in [0.15, 0.2) is 0 Å². The van der Waals surface area contributed by atoms with Gasteiger partial charge in [-0.3, -0.25) is 4.79 Å². The van der Waals surface area contributed by atoms with Crippen LogP contribution in [-0.4, -0.2) is 18.0 Å². The Balaban J connectivity index is 1.81. The van der Waals surface area contributed by atoms with E-state index in [4.69, 9.17) is 21.1 Å². The lowest BCUT2D eigenvalue weighted by atomic mass is 10.0. The lowest BCUT2D eigenvalue weighted by Gasteiger charge is -2.15. The van der Waals surface area contributed by atoms with Gasteiger partial charge < -0.3 is 9.47 Å². The van der Waals surface area contributed by atoms with Crippen molar-refractivity contribution in [2.45, 2.75) is 71.1 Å². The summed E-state index contributed by atoms with van der Waals surface area (Å²) < 4.78 is 11.3. The second kappa shape index (κ2) is 13.3. The van der Waals surface area contributed by atoms with Crippen LogP contribution < -0.4 is 9.47 Å². The molecular weight excluding hydrogens is 396 g/mol. The zero-order valence-electron chi connectivity index (χ0n) is 18.5. The SMILES string of the molecule is CCCCCCCCOc1ccc(-c2ccc(OC(=O)C(Cl)C(C)CC)cc2)cc1. The van der Waals surface area contributed by atoms with Crippen molar-refractivity contribution in [2.24, 2.45) is 5.92 Å². The van der Waals surface area contributed by atoms with E-state index in [0.29, 0.717) is 5.75 Å². The summed E-state index contributed by atoms with van der Waals surface area (Å²) in [5, 5.41) is -0.626. The summed E-state index contributed by atoms with van der Waals surface area (Å²) in [7, 11) is 0. The molecule has 0 aliphatic rings. The Kier molecular flexibility index (Phi) is 10.8. The topological polar surface area (TPSA) is 35.5 Å². The largest absolute Gasteiger partial charge is 0.494 e. The molecule has 2 aromatic rings. The Labute approximate surface area is 186 Å². The third kappa shape index (κ3) is 8.02. The van der Waals surface area contributed by atoms with E-state index in [1.807, 2.05) is 38.1 Å². The Hall–Kier alpha value is -2.00. The fourth-order valence-corrected chi connectivity index (χ4v) is 3.37. The van der Waals surface area contributed by atoms with Gasteiger partial charge >= 0.3 is 5.97 Å². The predicted molar refractivity (Wildman–Crippen MR) is 125 cm³/mol. The van der Waals surface area contributed by atoms with Gasteiger partial charge in [0, 0.05) is 0 Å². The molecular formula is C26H35ClO3. The molecule has 2 atom stereocenters. The second-order valence-corrected chi connectivity index (χ2v) is 8.34. The highest BCUT2D eigenvalue weighted by Crippen LogP contribution is 2.26. The molecule has 30 heavy (non-hydrogen) atoms. The van der Waals surface area contributed by atoms with Crippen molar-refractivity contribution in [3.05, 3.63) is 48.5 Å². The second-order valence-electron chi connectivity index (χ2n) is 7.87. The summed E-state index contributed by atoms with van der Waals surface area (Å²) >= 11 is 6.16. The number of hydrogen-bond donors (Lipinski definition) is 0. The predicted octanol–water partition coefficient (Wildman–Crippen LogP) is 7.65. The van der Waals surface area contributed by atoms with Crippen molar-refractivity contribution in [1.29, 1.82) is 0 Å². The molecule has 0 N–H and O–H groups in total. The molecule has 0 radical (unpaired) electrons. The first kappa shape index (κ1) is 24.3. The third-order valence-electron chi connectivity index (χ3n) is 5.40. The number of esters is 1. The Bertz CT molecular complexity index is 740. The molecule has 0 saturated carbocycles. The van der Waals surface area contributed by atoms with Crippen molar-refractivity contribution in [3.63, 3.8) is 0 Å². The Morgan fingerprint density at radius 1 is 0.833 bits per heavy atom. The number of alkyl halides is 1. The van der Waals surface area contributed by atoms with Crippen LogP contribution in [0.25, 0.3) is 11.1 Å². The number of benzene rings is 2. The van der Waals surface area contributed by atoms with Gasteiger partial charge in [-0.05, 0) is 47.7 Å². The van der Waals surface area contributed by atoms with E-state index in [9.17, 15) is 4.79 Å². The highest BCUT2D eigenvalue weighted by Gasteiger charge is 2.23. The molecule has 3 nitrogen and oxygen atoms in total. The van der Waals surface area contributed by atoms with E-state index >= 15 is 0 Å². The standard InChI is InChI=1S/C26H35ClO3/c1-4-6-7-8-9-10-19-29-23-15-11-21(12-16-23)22-13-17-24(18-14-22)30-26(28)25(27)20(3)5-2/h11-18,20,25H,4-10,19H2,1-3H3. The molecule has 2 aromatic carbocycles. The summed E-state index contributed by atoms with van der Waals surface area (Å²) in [4.78, 5) is 12.1. The summed E-state index contributed by atoms with van der Waals surface area (Å²) in [5.41, 5.74) is 2.15. The fourth-order valence-electron chi connectivity index (χ4n) is 3.14. The molecule has 164 valence electrons. The van der Waals surface area contributed by atoms with E-state index in [1.54, 1.807) is 12.1 Å². The molecule has 0 bridgehead atoms. The van der Waals surface area contributed by atoms with Crippen molar-refractivity contribution in [1.82, 2.24) is 0 Å². The molecule has 0 fully saturated rings. The minimum Gasteiger partial charge on any atom is -0.494 e. The van der Waals surface area contributed by atoms with Crippen molar-refractivity contribution >= 4 is 17.6 Å². The van der Waals surface area contributed by atoms with Crippen LogP contribution in [0.15, 0.2) is 48.5 Å². The van der Waals surface area contributed by atoms with Gasteiger partial charge in [0.05, 0.1) is 6.61 Å². The monoisotopic (exact) mass is 430 g/mol. The van der Waals surface area contributed by atoms with E-state index in [-0.39, 0.29) is 5.92 Å². The third-order valence-corrected chi connectivity index (χ3v) is 6.00. The molecule has 0 spiro atoms. The van der Waals surface area contributed by atoms with E-state index in [1.165, 1.54) is 32.1 Å². The normalized spacial score (nSPS) is 12.9. The van der Waals surface area contributed by atoms with E-state index in [2.05, 4.69) is 19.1 Å². The minimum absolute atomic E-state index is 0.0835. The number of rotatable bonds is 13. The van der Waals surface area contributed by atoms with Gasteiger partial charge in [0.1, 0.15) is 16.9 Å². The highest BCUT2D eigenvalue weighted by atomic mass is 35.5. The first-order chi connectivity index (χ1) is 14.5. The minimum atomic E-state index is -0.626. The maximum Gasteiger partial charge on any atom is 0.329 e. The Morgan fingerprint density at radius 3 is 1.93 bits per heavy atom. The molecule has 0 amide bonds. The van der Waals surface area contributed by atoms with Crippen molar-refractivity contribution in [2.75, 3.05) is 6.61 Å². The van der Waals surface area contributed by atoms with Gasteiger partial charge in [0.25, 0.3) is 0 Å². The van der Waals surface area contributed by atoms with Gasteiger partial charge in [-0.15, -0.1) is 11.6 Å². The van der Waals surface area contributed by atoms with Crippen LogP contribution in [0.2, 0.25) is 0 Å². The van der Waals surface area contributed by atoms with Gasteiger partial charge in [-0.25, -0.2) is 0 Å². The molecule has 4 heteroatoms. The summed E-state index contributed by atoms with van der Waals surface area (Å²) in [6.45, 7) is 6.96. The van der Waals surface area contributed by atoms with E-state index in [0.717, 1.165) is 36.3 Å². The number of halogens is 1. The van der Waals surface area contributed by atoms with Gasteiger partial charge in [-0.2, -0.15) is 0 Å². The van der Waals surface area contributed by atoms with E-state index < -0.39 is 11.3 Å². The zero-order valence-corrected chi connectivity index (χ0v) is 19.3. The average molecular weight is 431 g/mol. The van der Waals surface area contributed by atoms with Crippen LogP contribution in [0.5, 0.6) is 11.5 Å². The molecule has 0 heterocycles. The van der Waals surface area contributed by atoms with Gasteiger partial charge in [-0.1, -0.05) is 83.6 Å². The summed E-state index contributed by atoms with van der Waals surface area (Å²) in [6.07, 6.45) is 8.40. The Morgan fingerprint density at radius 2 is 1.37 bits per heavy atom. The molecule has 2 rings (SSSR count). The van der Waals surface area contributed by atoms with Gasteiger partial charge in [0.2, 0.25) is 0 Å². The molecule has 0 aromatic heterocycles. The smallest absolute Gasteiger partial charge is 0.329 e. The first-order valence-corrected chi connectivity index (χ1v) is 11.7. The van der Waals surface area contributed by atoms with Crippen LogP contribution in [-0.2, 0) is 4.79 Å². The quantitative estimate of drug-likeness (QED) is 0.142. The van der Waals surface area contributed by atoms with Crippen LogP contribution >= 0.6 is 11.6 Å². The number of hydrogen-bond acceptors (Lipinski definition) is 3. The maximum absolute atomic E-state index is 12.1. The molecule has 0 saturated heterocycles. The lowest BCUT2D eigenvalue weighted by Crippen LogP contribution is -2.26. The molecule has 0 aliphatic heterocycles. The number of carbonyl (C=O) groups is 1. The zero-order chi connectivity index (χ0) is 21.8. The number of ether oxygens (including phenoxy) is 2. The lowest BCUT2D eigenvalue weighted by molar-refractivity contribution is -0.134. The van der Waals surface area contributed by atoms with Crippen LogP contribution in [0.1, 0.15) is 65.7 Å². The maximum atomic E-state index is 12.1. The molecule has 2 unspecified atom stereocenters. The summed E-state index contributed by atoms with van der Waals surface area (Å²) in [6, 6.07) is 15.6. The molecule has 0 aliphatic carbocycles.